The van der Waals surface area contributed by atoms with Crippen molar-refractivity contribution in [1.29, 1.82) is 0 Å². The van der Waals surface area contributed by atoms with Crippen LogP contribution in [0.15, 0.2) is 36.7 Å². The van der Waals surface area contributed by atoms with E-state index in [0.717, 1.165) is 24.1 Å². The second kappa shape index (κ2) is 9.02. The highest BCUT2D eigenvalue weighted by molar-refractivity contribution is 6.99. The zero-order valence-corrected chi connectivity index (χ0v) is 14.6. The summed E-state index contributed by atoms with van der Waals surface area (Å²) in [4.78, 5) is 0. The van der Waals surface area contributed by atoms with Crippen molar-refractivity contribution in [3.05, 3.63) is 36.7 Å². The Kier molecular flexibility index (Phi) is 7.68. The number of hydrogen-bond acceptors (Lipinski definition) is 4. The van der Waals surface area contributed by atoms with E-state index in [4.69, 9.17) is 4.74 Å². The first-order chi connectivity index (χ1) is 9.31. The first kappa shape index (κ1) is 17.0. The van der Waals surface area contributed by atoms with Crippen LogP contribution in [-0.4, -0.2) is 15.4 Å². The SMILES string of the molecule is CCC=CCCOc1nsnc1-c1ccc[n+](C)c1.[I-]. The zero-order valence-electron chi connectivity index (χ0n) is 11.6. The van der Waals surface area contributed by atoms with Crippen LogP contribution >= 0.6 is 11.7 Å². The van der Waals surface area contributed by atoms with Crippen LogP contribution in [-0.2, 0) is 7.05 Å². The Labute approximate surface area is 140 Å². The van der Waals surface area contributed by atoms with Crippen molar-refractivity contribution >= 4 is 11.7 Å². The third-order valence-corrected chi connectivity index (χ3v) is 3.11. The fourth-order valence-electron chi connectivity index (χ4n) is 1.69. The van der Waals surface area contributed by atoms with E-state index >= 15 is 0 Å². The summed E-state index contributed by atoms with van der Waals surface area (Å²) in [5.41, 5.74) is 1.85. The molecule has 0 aliphatic carbocycles. The fraction of sp³-hybridized carbons (Fsp3) is 0.357. The highest BCUT2D eigenvalue weighted by Crippen LogP contribution is 2.26. The minimum Gasteiger partial charge on any atom is -1.00 e. The average Bonchev–Trinajstić information content (AvgIpc) is 2.87. The van der Waals surface area contributed by atoms with Gasteiger partial charge in [-0.3, -0.25) is 0 Å². The molecule has 6 heteroatoms. The number of aryl methyl sites for hydroxylation is 1. The summed E-state index contributed by atoms with van der Waals surface area (Å²) < 4.78 is 16.2. The Balaban J connectivity index is 0.00000200. The van der Waals surface area contributed by atoms with Gasteiger partial charge in [0.2, 0.25) is 0 Å². The van der Waals surface area contributed by atoms with Gasteiger partial charge in [0.25, 0.3) is 5.88 Å². The molecule has 0 N–H and O–H groups in total. The molecule has 2 heterocycles. The lowest BCUT2D eigenvalue weighted by Crippen LogP contribution is -3.00. The van der Waals surface area contributed by atoms with Crippen molar-refractivity contribution in [2.24, 2.45) is 7.05 Å². The average molecular weight is 403 g/mol. The number of ether oxygens (including phenoxy) is 1. The van der Waals surface area contributed by atoms with Gasteiger partial charge in [0.15, 0.2) is 18.1 Å². The number of hydrogen-bond donors (Lipinski definition) is 0. The van der Waals surface area contributed by atoms with Gasteiger partial charge in [0.05, 0.1) is 23.9 Å². The Bertz CT molecular complexity index is 557. The van der Waals surface area contributed by atoms with Gasteiger partial charge in [-0.25, -0.2) is 4.57 Å². The molecule has 0 saturated heterocycles. The lowest BCUT2D eigenvalue weighted by Gasteiger charge is -2.02. The number of rotatable bonds is 6. The van der Waals surface area contributed by atoms with Crippen LogP contribution in [0.25, 0.3) is 11.3 Å². The molecule has 0 fully saturated rings. The number of halogens is 1. The number of nitrogens with zero attached hydrogens (tertiary/aromatic N) is 3. The molecule has 0 spiro atoms. The predicted molar refractivity (Wildman–Crippen MR) is 76.1 cm³/mol. The Hall–Kier alpha value is -1.02. The third kappa shape index (κ3) is 4.82. The molecule has 4 nitrogen and oxygen atoms in total. The van der Waals surface area contributed by atoms with Crippen LogP contribution in [0.5, 0.6) is 5.88 Å². The topological polar surface area (TPSA) is 38.9 Å². The molecule has 2 aromatic heterocycles. The van der Waals surface area contributed by atoms with Crippen LogP contribution in [0.4, 0.5) is 0 Å². The first-order valence-corrected chi connectivity index (χ1v) is 7.10. The summed E-state index contributed by atoms with van der Waals surface area (Å²) >= 11 is 1.18. The molecule has 0 aromatic carbocycles. The Morgan fingerprint density at radius 3 is 2.95 bits per heavy atom. The van der Waals surface area contributed by atoms with E-state index in [1.807, 2.05) is 36.1 Å². The molecule has 108 valence electrons. The molecule has 2 aromatic rings. The first-order valence-electron chi connectivity index (χ1n) is 6.37. The summed E-state index contributed by atoms with van der Waals surface area (Å²) in [6.45, 7) is 2.75. The van der Waals surface area contributed by atoms with Gasteiger partial charge in [-0.2, -0.15) is 4.37 Å². The van der Waals surface area contributed by atoms with Crippen LogP contribution in [0.2, 0.25) is 0 Å². The van der Waals surface area contributed by atoms with Crippen molar-refractivity contribution < 1.29 is 33.3 Å². The monoisotopic (exact) mass is 403 g/mol. The Morgan fingerprint density at radius 1 is 1.35 bits per heavy atom. The van der Waals surface area contributed by atoms with Crippen molar-refractivity contribution in [2.45, 2.75) is 19.8 Å². The van der Waals surface area contributed by atoms with Gasteiger partial charge in [-0.15, -0.1) is 4.37 Å². The van der Waals surface area contributed by atoms with E-state index in [1.54, 1.807) is 0 Å². The number of pyridine rings is 1. The summed E-state index contributed by atoms with van der Waals surface area (Å²) in [6.07, 6.45) is 10.2. The van der Waals surface area contributed by atoms with E-state index in [0.29, 0.717) is 12.5 Å². The van der Waals surface area contributed by atoms with Crippen molar-refractivity contribution in [3.63, 3.8) is 0 Å². The molecule has 0 amide bonds. The quantitative estimate of drug-likeness (QED) is 0.290. The molecule has 0 unspecified atom stereocenters. The molecule has 0 aliphatic rings. The maximum atomic E-state index is 5.69. The molecule has 0 atom stereocenters. The molecule has 0 bridgehead atoms. The highest BCUT2D eigenvalue weighted by Gasteiger charge is 2.13. The molecular formula is C14H18IN3OS. The molecule has 0 radical (unpaired) electrons. The summed E-state index contributed by atoms with van der Waals surface area (Å²) in [5.74, 6) is 0.626. The minimum absolute atomic E-state index is 0. The smallest absolute Gasteiger partial charge is 0.254 e. The second-order valence-corrected chi connectivity index (χ2v) is 4.72. The number of allylic oxidation sites excluding steroid dienone is 1. The standard InChI is InChI=1S/C14H18N3OS.HI/c1-3-4-5-6-10-18-14-13(15-19-16-14)12-8-7-9-17(2)11-12;/h4-5,7-9,11H,3,6,10H2,1-2H3;1H/q+1;/p-1. The van der Waals surface area contributed by atoms with Gasteiger partial charge < -0.3 is 28.7 Å². The molecule has 0 aliphatic heterocycles. The summed E-state index contributed by atoms with van der Waals surface area (Å²) in [5, 5.41) is 0. The molecule has 2 rings (SSSR count). The normalized spacial score (nSPS) is 10.5. The van der Waals surface area contributed by atoms with Crippen molar-refractivity contribution in [3.8, 4) is 17.1 Å². The van der Waals surface area contributed by atoms with Crippen LogP contribution in [0.1, 0.15) is 19.8 Å². The van der Waals surface area contributed by atoms with Crippen LogP contribution in [0, 0.1) is 0 Å². The van der Waals surface area contributed by atoms with Gasteiger partial charge in [0.1, 0.15) is 7.05 Å². The predicted octanol–water partition coefficient (Wildman–Crippen LogP) is -0.231. The van der Waals surface area contributed by atoms with Crippen LogP contribution in [0.3, 0.4) is 0 Å². The molecule has 20 heavy (non-hydrogen) atoms. The Morgan fingerprint density at radius 2 is 2.20 bits per heavy atom. The molecular weight excluding hydrogens is 385 g/mol. The van der Waals surface area contributed by atoms with E-state index in [-0.39, 0.29) is 24.0 Å². The third-order valence-electron chi connectivity index (χ3n) is 2.60. The zero-order chi connectivity index (χ0) is 13.5. The van der Waals surface area contributed by atoms with Gasteiger partial charge in [-0.1, -0.05) is 19.1 Å². The van der Waals surface area contributed by atoms with E-state index < -0.39 is 0 Å². The molecule has 0 saturated carbocycles. The second-order valence-electron chi connectivity index (χ2n) is 4.19. The number of aromatic nitrogens is 3. The van der Waals surface area contributed by atoms with Gasteiger partial charge in [-0.05, 0) is 18.9 Å². The summed E-state index contributed by atoms with van der Waals surface area (Å²) in [7, 11) is 1.99. The van der Waals surface area contributed by atoms with Crippen molar-refractivity contribution in [2.75, 3.05) is 6.61 Å². The minimum atomic E-state index is 0. The maximum Gasteiger partial charge on any atom is 0.254 e. The maximum absolute atomic E-state index is 5.69. The van der Waals surface area contributed by atoms with Gasteiger partial charge in [0, 0.05) is 6.07 Å². The lowest BCUT2D eigenvalue weighted by molar-refractivity contribution is -0.671. The fourth-order valence-corrected chi connectivity index (χ4v) is 2.21. The largest absolute Gasteiger partial charge is 1.00 e. The summed E-state index contributed by atoms with van der Waals surface area (Å²) in [6, 6.07) is 4.00. The van der Waals surface area contributed by atoms with Crippen molar-refractivity contribution in [1.82, 2.24) is 8.75 Å². The van der Waals surface area contributed by atoms with Gasteiger partial charge >= 0.3 is 0 Å². The van der Waals surface area contributed by atoms with E-state index in [9.17, 15) is 0 Å². The lowest BCUT2D eigenvalue weighted by atomic mass is 10.2. The highest BCUT2D eigenvalue weighted by atomic mass is 127. The van der Waals surface area contributed by atoms with E-state index in [1.165, 1.54) is 11.7 Å². The van der Waals surface area contributed by atoms with E-state index in [2.05, 4.69) is 27.8 Å². The van der Waals surface area contributed by atoms with Crippen LogP contribution < -0.4 is 33.3 Å².